The van der Waals surface area contributed by atoms with E-state index in [0.717, 1.165) is 22.5 Å². The van der Waals surface area contributed by atoms with Crippen LogP contribution in [0.2, 0.25) is 0 Å². The van der Waals surface area contributed by atoms with E-state index < -0.39 is 0 Å². The summed E-state index contributed by atoms with van der Waals surface area (Å²) in [7, 11) is 0. The van der Waals surface area contributed by atoms with Gasteiger partial charge in [-0.3, -0.25) is 15.0 Å². The molecular formula is C19H17N7O. The molecule has 8 nitrogen and oxygen atoms in total. The largest absolute Gasteiger partial charge is 0.361 e. The van der Waals surface area contributed by atoms with Gasteiger partial charge in [0.05, 0.1) is 41.1 Å². The van der Waals surface area contributed by atoms with Gasteiger partial charge in [-0.15, -0.1) is 0 Å². The van der Waals surface area contributed by atoms with E-state index >= 15 is 0 Å². The van der Waals surface area contributed by atoms with Crippen LogP contribution in [-0.4, -0.2) is 30.1 Å². The van der Waals surface area contributed by atoms with Gasteiger partial charge < -0.3 is 9.84 Å². The molecule has 0 unspecified atom stereocenters. The molecule has 0 saturated heterocycles. The maximum atomic E-state index is 5.33. The average Bonchev–Trinajstić information content (AvgIpc) is 3.06. The first kappa shape index (κ1) is 16.8. The Morgan fingerprint density at radius 3 is 2.63 bits per heavy atom. The van der Waals surface area contributed by atoms with Crippen LogP contribution in [0.1, 0.15) is 17.1 Å². The minimum absolute atomic E-state index is 0.489. The van der Waals surface area contributed by atoms with Crippen molar-refractivity contribution >= 4 is 5.95 Å². The lowest BCUT2D eigenvalue weighted by molar-refractivity contribution is 0.393. The number of hydrogen-bond acceptors (Lipinski definition) is 8. The molecule has 1 N–H and O–H groups in total. The summed E-state index contributed by atoms with van der Waals surface area (Å²) in [5.74, 6) is 1.18. The van der Waals surface area contributed by atoms with E-state index in [2.05, 4.69) is 30.4 Å². The molecule has 134 valence electrons. The van der Waals surface area contributed by atoms with Gasteiger partial charge in [0.25, 0.3) is 0 Å². The highest BCUT2D eigenvalue weighted by Gasteiger charge is 2.20. The average molecular weight is 359 g/mol. The number of anilines is 1. The van der Waals surface area contributed by atoms with Crippen LogP contribution in [0.4, 0.5) is 5.95 Å². The van der Waals surface area contributed by atoms with Crippen molar-refractivity contribution in [2.45, 2.75) is 20.4 Å². The predicted molar refractivity (Wildman–Crippen MR) is 99.6 cm³/mol. The first-order valence-corrected chi connectivity index (χ1v) is 8.43. The molecule has 0 aliphatic rings. The molecule has 27 heavy (non-hydrogen) atoms. The van der Waals surface area contributed by atoms with Crippen molar-refractivity contribution in [3.8, 4) is 22.5 Å². The summed E-state index contributed by atoms with van der Waals surface area (Å²) in [6, 6.07) is 5.76. The SMILES string of the molecule is Cc1noc(C)c1-c1nc(NCc2ccccn2)ncc1-c1cnccn1. The molecule has 0 radical (unpaired) electrons. The first-order chi connectivity index (χ1) is 13.2. The molecule has 4 aromatic heterocycles. The maximum absolute atomic E-state index is 5.33. The zero-order valence-electron chi connectivity index (χ0n) is 14.9. The Bertz CT molecular complexity index is 1030. The zero-order chi connectivity index (χ0) is 18.6. The zero-order valence-corrected chi connectivity index (χ0v) is 14.9. The lowest BCUT2D eigenvalue weighted by Crippen LogP contribution is -2.06. The van der Waals surface area contributed by atoms with Gasteiger partial charge in [-0.25, -0.2) is 9.97 Å². The summed E-state index contributed by atoms with van der Waals surface area (Å²) in [5, 5.41) is 7.26. The van der Waals surface area contributed by atoms with E-state index in [-0.39, 0.29) is 0 Å². The highest BCUT2D eigenvalue weighted by Crippen LogP contribution is 2.33. The van der Waals surface area contributed by atoms with Crippen LogP contribution in [0.5, 0.6) is 0 Å². The number of aromatic nitrogens is 6. The number of hydrogen-bond donors (Lipinski definition) is 1. The van der Waals surface area contributed by atoms with Crippen LogP contribution in [0.3, 0.4) is 0 Å². The first-order valence-electron chi connectivity index (χ1n) is 8.43. The highest BCUT2D eigenvalue weighted by molar-refractivity contribution is 5.80. The quantitative estimate of drug-likeness (QED) is 0.579. The Labute approximate surface area is 155 Å². The topological polar surface area (TPSA) is 103 Å². The standard InChI is InChI=1S/C19H17N7O/c1-12-17(13(2)27-26-12)18-15(16-11-20-7-8-22-16)10-24-19(25-18)23-9-14-5-3-4-6-21-14/h3-8,10-11H,9H2,1-2H3,(H,23,24,25). The summed E-state index contributed by atoms with van der Waals surface area (Å²) in [6.45, 7) is 4.26. The van der Waals surface area contributed by atoms with Crippen LogP contribution in [-0.2, 0) is 6.54 Å². The molecule has 0 saturated carbocycles. The number of aryl methyl sites for hydroxylation is 2. The summed E-state index contributed by atoms with van der Waals surface area (Å²) >= 11 is 0. The molecule has 0 aliphatic carbocycles. The van der Waals surface area contributed by atoms with Gasteiger partial charge in [0, 0.05) is 30.4 Å². The lowest BCUT2D eigenvalue weighted by Gasteiger charge is -2.10. The number of rotatable bonds is 5. The lowest BCUT2D eigenvalue weighted by atomic mass is 10.0. The Balaban J connectivity index is 1.75. The molecule has 0 aromatic carbocycles. The van der Waals surface area contributed by atoms with Crippen molar-refractivity contribution in [1.29, 1.82) is 0 Å². The minimum Gasteiger partial charge on any atom is -0.361 e. The third-order valence-electron chi connectivity index (χ3n) is 4.05. The molecular weight excluding hydrogens is 342 g/mol. The monoisotopic (exact) mass is 359 g/mol. The molecule has 8 heteroatoms. The van der Waals surface area contributed by atoms with Crippen molar-refractivity contribution in [2.24, 2.45) is 0 Å². The third-order valence-corrected chi connectivity index (χ3v) is 4.05. The molecule has 0 spiro atoms. The number of pyridine rings is 1. The Morgan fingerprint density at radius 1 is 1.00 bits per heavy atom. The van der Waals surface area contributed by atoms with E-state index in [4.69, 9.17) is 9.51 Å². The molecule has 0 amide bonds. The second-order valence-electron chi connectivity index (χ2n) is 5.92. The van der Waals surface area contributed by atoms with Crippen molar-refractivity contribution < 1.29 is 4.52 Å². The van der Waals surface area contributed by atoms with Gasteiger partial charge >= 0.3 is 0 Å². The second-order valence-corrected chi connectivity index (χ2v) is 5.92. The Kier molecular flexibility index (Phi) is 4.52. The van der Waals surface area contributed by atoms with Crippen LogP contribution >= 0.6 is 0 Å². The Morgan fingerprint density at radius 2 is 1.93 bits per heavy atom. The van der Waals surface area contributed by atoms with Crippen molar-refractivity contribution in [1.82, 2.24) is 30.1 Å². The van der Waals surface area contributed by atoms with Gasteiger partial charge in [0.1, 0.15) is 5.76 Å². The molecule has 4 heterocycles. The fourth-order valence-electron chi connectivity index (χ4n) is 2.78. The van der Waals surface area contributed by atoms with E-state index in [1.807, 2.05) is 32.0 Å². The van der Waals surface area contributed by atoms with Crippen molar-refractivity contribution in [2.75, 3.05) is 5.32 Å². The Hall–Kier alpha value is -3.68. The summed E-state index contributed by atoms with van der Waals surface area (Å²) < 4.78 is 5.33. The van der Waals surface area contributed by atoms with Crippen LogP contribution < -0.4 is 5.32 Å². The van der Waals surface area contributed by atoms with Crippen LogP contribution in [0.15, 0.2) is 53.7 Å². The molecule has 0 aliphatic heterocycles. The predicted octanol–water partition coefficient (Wildman–Crippen LogP) is 3.21. The van der Waals surface area contributed by atoms with Crippen LogP contribution in [0.25, 0.3) is 22.5 Å². The van der Waals surface area contributed by atoms with Gasteiger partial charge in [-0.2, -0.15) is 0 Å². The minimum atomic E-state index is 0.489. The fourth-order valence-corrected chi connectivity index (χ4v) is 2.78. The highest BCUT2D eigenvalue weighted by atomic mass is 16.5. The van der Waals surface area contributed by atoms with Gasteiger partial charge in [0.2, 0.25) is 5.95 Å². The van der Waals surface area contributed by atoms with E-state index in [1.165, 1.54) is 0 Å². The van der Waals surface area contributed by atoms with Crippen molar-refractivity contribution in [3.63, 3.8) is 0 Å². The summed E-state index contributed by atoms with van der Waals surface area (Å²) in [6.07, 6.45) is 8.44. The molecule has 4 rings (SSSR count). The van der Waals surface area contributed by atoms with E-state index in [1.54, 1.807) is 31.0 Å². The maximum Gasteiger partial charge on any atom is 0.223 e. The van der Waals surface area contributed by atoms with Gasteiger partial charge in [-0.1, -0.05) is 11.2 Å². The summed E-state index contributed by atoms with van der Waals surface area (Å²) in [5.41, 5.74) is 4.64. The van der Waals surface area contributed by atoms with Crippen LogP contribution in [0, 0.1) is 13.8 Å². The number of nitrogens with one attached hydrogen (secondary N) is 1. The normalized spacial score (nSPS) is 10.7. The molecule has 0 bridgehead atoms. The van der Waals surface area contributed by atoms with Gasteiger partial charge in [0.15, 0.2) is 0 Å². The van der Waals surface area contributed by atoms with Crippen molar-refractivity contribution in [3.05, 3.63) is 66.3 Å². The van der Waals surface area contributed by atoms with E-state index in [0.29, 0.717) is 29.6 Å². The fraction of sp³-hybridized carbons (Fsp3) is 0.158. The smallest absolute Gasteiger partial charge is 0.223 e. The van der Waals surface area contributed by atoms with E-state index in [9.17, 15) is 0 Å². The third kappa shape index (κ3) is 3.50. The number of nitrogens with zero attached hydrogens (tertiary/aromatic N) is 6. The molecule has 4 aromatic rings. The second kappa shape index (κ2) is 7.28. The molecule has 0 atom stereocenters. The van der Waals surface area contributed by atoms with Gasteiger partial charge in [-0.05, 0) is 26.0 Å². The summed E-state index contributed by atoms with van der Waals surface area (Å²) in [4.78, 5) is 22.0. The molecule has 0 fully saturated rings.